The van der Waals surface area contributed by atoms with Crippen molar-refractivity contribution in [3.63, 3.8) is 0 Å². The van der Waals surface area contributed by atoms with Gasteiger partial charge in [-0.15, -0.1) is 0 Å². The Balaban J connectivity index is 1.50. The molecule has 1 aliphatic heterocycles. The highest BCUT2D eigenvalue weighted by Crippen LogP contribution is 2.22. The number of nitrogens with zero attached hydrogens (tertiary/aromatic N) is 2. The van der Waals surface area contributed by atoms with Gasteiger partial charge in [0.25, 0.3) is 5.91 Å². The van der Waals surface area contributed by atoms with E-state index in [1.165, 1.54) is 0 Å². The van der Waals surface area contributed by atoms with E-state index in [-0.39, 0.29) is 18.6 Å². The van der Waals surface area contributed by atoms with Crippen LogP contribution in [-0.4, -0.2) is 48.2 Å². The van der Waals surface area contributed by atoms with E-state index in [2.05, 4.69) is 4.98 Å². The molecule has 126 valence electrons. The molecule has 1 aromatic carbocycles. The van der Waals surface area contributed by atoms with Gasteiger partial charge < -0.3 is 19.1 Å². The van der Waals surface area contributed by atoms with Gasteiger partial charge in [-0.1, -0.05) is 6.07 Å². The van der Waals surface area contributed by atoms with Gasteiger partial charge in [0.2, 0.25) is 5.88 Å². The van der Waals surface area contributed by atoms with Crippen molar-refractivity contribution in [3.8, 4) is 17.4 Å². The molecule has 0 spiro atoms. The highest BCUT2D eigenvalue weighted by Gasteiger charge is 2.21. The summed E-state index contributed by atoms with van der Waals surface area (Å²) >= 11 is 0. The molecule has 1 aromatic heterocycles. The van der Waals surface area contributed by atoms with Crippen molar-refractivity contribution in [2.75, 3.05) is 26.3 Å². The third-order valence-corrected chi connectivity index (χ3v) is 3.64. The summed E-state index contributed by atoms with van der Waals surface area (Å²) in [6.07, 6.45) is 1.75. The van der Waals surface area contributed by atoms with E-state index in [4.69, 9.17) is 14.2 Å². The molecule has 6 heteroatoms. The van der Waals surface area contributed by atoms with Crippen molar-refractivity contribution in [1.82, 2.24) is 9.88 Å². The topological polar surface area (TPSA) is 60.9 Å². The number of carbonyl (C=O) groups excluding carboxylic acids is 1. The maximum Gasteiger partial charge on any atom is 0.260 e. The summed E-state index contributed by atoms with van der Waals surface area (Å²) in [5, 5.41) is 0. The SMILES string of the molecule is CC1CN(C(=O)COc2ccc(Oc3ccccn3)cc2)CCO1. The van der Waals surface area contributed by atoms with Crippen molar-refractivity contribution in [1.29, 1.82) is 0 Å². The second-order valence-corrected chi connectivity index (χ2v) is 5.55. The molecule has 0 bridgehead atoms. The van der Waals surface area contributed by atoms with Crippen LogP contribution in [0.5, 0.6) is 17.4 Å². The van der Waals surface area contributed by atoms with Gasteiger partial charge in [-0.2, -0.15) is 0 Å². The number of amides is 1. The van der Waals surface area contributed by atoms with Crippen LogP contribution in [0.15, 0.2) is 48.7 Å². The van der Waals surface area contributed by atoms with E-state index < -0.39 is 0 Å². The molecule has 1 fully saturated rings. The minimum absolute atomic E-state index is 0.0210. The van der Waals surface area contributed by atoms with Crippen molar-refractivity contribution in [3.05, 3.63) is 48.7 Å². The molecule has 3 rings (SSSR count). The maximum atomic E-state index is 12.1. The molecule has 0 saturated carbocycles. The fourth-order valence-electron chi connectivity index (χ4n) is 2.41. The number of morpholine rings is 1. The fraction of sp³-hybridized carbons (Fsp3) is 0.333. The zero-order valence-corrected chi connectivity index (χ0v) is 13.6. The summed E-state index contributed by atoms with van der Waals surface area (Å²) in [4.78, 5) is 18.0. The molecule has 1 saturated heterocycles. The van der Waals surface area contributed by atoms with Gasteiger partial charge in [0.15, 0.2) is 6.61 Å². The lowest BCUT2D eigenvalue weighted by Crippen LogP contribution is -2.46. The second-order valence-electron chi connectivity index (χ2n) is 5.55. The molecule has 1 amide bonds. The average Bonchev–Trinajstić information content (AvgIpc) is 2.62. The third kappa shape index (κ3) is 4.45. The lowest BCUT2D eigenvalue weighted by molar-refractivity contribution is -0.140. The zero-order chi connectivity index (χ0) is 16.8. The fourth-order valence-corrected chi connectivity index (χ4v) is 2.41. The van der Waals surface area contributed by atoms with Gasteiger partial charge in [-0.05, 0) is 37.3 Å². The summed E-state index contributed by atoms with van der Waals surface area (Å²) in [6.45, 7) is 3.78. The largest absolute Gasteiger partial charge is 0.484 e. The highest BCUT2D eigenvalue weighted by atomic mass is 16.5. The normalized spacial score (nSPS) is 17.4. The van der Waals surface area contributed by atoms with Crippen LogP contribution in [0.2, 0.25) is 0 Å². The molecule has 1 unspecified atom stereocenters. The lowest BCUT2D eigenvalue weighted by atomic mass is 10.3. The van der Waals surface area contributed by atoms with Crippen LogP contribution < -0.4 is 9.47 Å². The second kappa shape index (κ2) is 7.79. The van der Waals surface area contributed by atoms with Crippen LogP contribution in [0.1, 0.15) is 6.92 Å². The molecule has 0 N–H and O–H groups in total. The first-order valence-corrected chi connectivity index (χ1v) is 7.92. The molecule has 2 heterocycles. The summed E-state index contributed by atoms with van der Waals surface area (Å²) in [6, 6.07) is 12.6. The summed E-state index contributed by atoms with van der Waals surface area (Å²) in [5.74, 6) is 1.79. The molecule has 24 heavy (non-hydrogen) atoms. The van der Waals surface area contributed by atoms with Crippen LogP contribution in [0.3, 0.4) is 0 Å². The Labute approximate surface area is 141 Å². The number of aromatic nitrogens is 1. The smallest absolute Gasteiger partial charge is 0.260 e. The van der Waals surface area contributed by atoms with E-state index in [1.54, 1.807) is 41.4 Å². The standard InChI is InChI=1S/C18H20N2O4/c1-14-12-20(10-11-22-14)18(21)13-23-15-5-7-16(8-6-15)24-17-4-2-3-9-19-17/h2-9,14H,10-13H2,1H3. The van der Waals surface area contributed by atoms with Crippen LogP contribution in [0, 0.1) is 0 Å². The minimum Gasteiger partial charge on any atom is -0.484 e. The molecule has 1 atom stereocenters. The Morgan fingerprint density at radius 2 is 2.04 bits per heavy atom. The first-order valence-electron chi connectivity index (χ1n) is 7.92. The Morgan fingerprint density at radius 1 is 1.25 bits per heavy atom. The van der Waals surface area contributed by atoms with Crippen LogP contribution in [-0.2, 0) is 9.53 Å². The Hall–Kier alpha value is -2.60. The van der Waals surface area contributed by atoms with Crippen molar-refractivity contribution >= 4 is 5.91 Å². The molecule has 1 aliphatic rings. The number of pyridine rings is 1. The monoisotopic (exact) mass is 328 g/mol. The van der Waals surface area contributed by atoms with E-state index in [1.807, 2.05) is 19.1 Å². The molecule has 0 aliphatic carbocycles. The lowest BCUT2D eigenvalue weighted by Gasteiger charge is -2.31. The summed E-state index contributed by atoms with van der Waals surface area (Å²) in [5.41, 5.74) is 0. The van der Waals surface area contributed by atoms with E-state index in [0.29, 0.717) is 37.1 Å². The van der Waals surface area contributed by atoms with Gasteiger partial charge in [0.1, 0.15) is 11.5 Å². The summed E-state index contributed by atoms with van der Waals surface area (Å²) < 4.78 is 16.6. The Bertz CT molecular complexity index is 660. The molecule has 6 nitrogen and oxygen atoms in total. The van der Waals surface area contributed by atoms with E-state index >= 15 is 0 Å². The van der Waals surface area contributed by atoms with Crippen molar-refractivity contribution < 1.29 is 19.0 Å². The number of hydrogen-bond acceptors (Lipinski definition) is 5. The Morgan fingerprint density at radius 3 is 2.75 bits per heavy atom. The minimum atomic E-state index is -0.0287. The van der Waals surface area contributed by atoms with E-state index in [9.17, 15) is 4.79 Å². The molecular formula is C18H20N2O4. The van der Waals surface area contributed by atoms with Gasteiger partial charge >= 0.3 is 0 Å². The highest BCUT2D eigenvalue weighted by molar-refractivity contribution is 5.77. The van der Waals surface area contributed by atoms with Gasteiger partial charge in [-0.3, -0.25) is 4.79 Å². The third-order valence-electron chi connectivity index (χ3n) is 3.64. The first-order chi connectivity index (χ1) is 11.7. The molecule has 0 radical (unpaired) electrons. The number of rotatable bonds is 5. The number of hydrogen-bond donors (Lipinski definition) is 0. The van der Waals surface area contributed by atoms with Gasteiger partial charge in [0, 0.05) is 25.4 Å². The number of carbonyl (C=O) groups is 1. The Kier molecular flexibility index (Phi) is 5.28. The molecular weight excluding hydrogens is 308 g/mol. The van der Waals surface area contributed by atoms with E-state index in [0.717, 1.165) is 0 Å². The summed E-state index contributed by atoms with van der Waals surface area (Å²) in [7, 11) is 0. The van der Waals surface area contributed by atoms with Gasteiger partial charge in [0.05, 0.1) is 12.7 Å². The van der Waals surface area contributed by atoms with Crippen molar-refractivity contribution in [2.24, 2.45) is 0 Å². The zero-order valence-electron chi connectivity index (χ0n) is 13.6. The predicted molar refractivity (Wildman–Crippen MR) is 88.2 cm³/mol. The van der Waals surface area contributed by atoms with Crippen LogP contribution >= 0.6 is 0 Å². The molecule has 2 aromatic rings. The number of ether oxygens (including phenoxy) is 3. The van der Waals surface area contributed by atoms with Crippen LogP contribution in [0.25, 0.3) is 0 Å². The van der Waals surface area contributed by atoms with Crippen LogP contribution in [0.4, 0.5) is 0 Å². The maximum absolute atomic E-state index is 12.1. The van der Waals surface area contributed by atoms with Gasteiger partial charge in [-0.25, -0.2) is 4.98 Å². The van der Waals surface area contributed by atoms with Crippen molar-refractivity contribution in [2.45, 2.75) is 13.0 Å². The first kappa shape index (κ1) is 16.3. The quantitative estimate of drug-likeness (QED) is 0.844. The predicted octanol–water partition coefficient (Wildman–Crippen LogP) is 2.50. The number of benzene rings is 1. The average molecular weight is 328 g/mol.